The van der Waals surface area contributed by atoms with Gasteiger partial charge in [-0.15, -0.1) is 0 Å². The zero-order valence-electron chi connectivity index (χ0n) is 18.1. The average molecular weight is 491 g/mol. The van der Waals surface area contributed by atoms with Crippen molar-refractivity contribution in [3.8, 4) is 0 Å². The van der Waals surface area contributed by atoms with Gasteiger partial charge in [-0.1, -0.05) is 30.0 Å². The highest BCUT2D eigenvalue weighted by atomic mass is 32.2. The first-order chi connectivity index (χ1) is 16.2. The van der Waals surface area contributed by atoms with Crippen molar-refractivity contribution >= 4 is 58.4 Å². The van der Waals surface area contributed by atoms with E-state index in [1.54, 1.807) is 48.7 Å². The average Bonchev–Trinajstić information content (AvgIpc) is 2.77. The third kappa shape index (κ3) is 4.87. The standard InChI is InChI=1S/C24H18N4O4S2/c1-14-9-15(2)11-17(10-14)27-23(30)18(22(29)26-24(27)33)12-16-6-7-20(19(13-16)28(31)32)34-21-5-3-4-8-25-21/h3-13H,1-2H3,(H,26,29,33)/b18-12+. The number of rotatable bonds is 5. The lowest BCUT2D eigenvalue weighted by molar-refractivity contribution is -0.387. The van der Waals surface area contributed by atoms with Crippen LogP contribution < -0.4 is 10.2 Å². The summed E-state index contributed by atoms with van der Waals surface area (Å²) in [6.07, 6.45) is 2.93. The Bertz CT molecular complexity index is 1350. The van der Waals surface area contributed by atoms with Crippen LogP contribution in [-0.2, 0) is 9.59 Å². The summed E-state index contributed by atoms with van der Waals surface area (Å²) < 4.78 is 0. The van der Waals surface area contributed by atoms with Crippen LogP contribution in [0.4, 0.5) is 11.4 Å². The van der Waals surface area contributed by atoms with Crippen LogP contribution in [0.2, 0.25) is 0 Å². The molecule has 1 aromatic heterocycles. The molecule has 1 aliphatic rings. The summed E-state index contributed by atoms with van der Waals surface area (Å²) in [5.74, 6) is -1.27. The minimum absolute atomic E-state index is 0.0229. The van der Waals surface area contributed by atoms with E-state index in [9.17, 15) is 19.7 Å². The van der Waals surface area contributed by atoms with Gasteiger partial charge in [-0.2, -0.15) is 0 Å². The van der Waals surface area contributed by atoms with Gasteiger partial charge in [0.1, 0.15) is 10.6 Å². The zero-order chi connectivity index (χ0) is 24.4. The normalized spacial score (nSPS) is 14.9. The summed E-state index contributed by atoms with van der Waals surface area (Å²) in [5.41, 5.74) is 2.41. The third-order valence-electron chi connectivity index (χ3n) is 4.91. The number of aromatic nitrogens is 1. The quantitative estimate of drug-likeness (QED) is 0.183. The lowest BCUT2D eigenvalue weighted by Gasteiger charge is -2.29. The largest absolute Gasteiger partial charge is 0.298 e. The molecular formula is C24H18N4O4S2. The van der Waals surface area contributed by atoms with Crippen LogP contribution in [0.5, 0.6) is 0 Å². The van der Waals surface area contributed by atoms with Crippen LogP contribution in [0.25, 0.3) is 6.08 Å². The summed E-state index contributed by atoms with van der Waals surface area (Å²) in [6.45, 7) is 3.79. The van der Waals surface area contributed by atoms with Crippen molar-refractivity contribution in [3.05, 3.63) is 93.2 Å². The molecule has 0 spiro atoms. The number of amides is 2. The van der Waals surface area contributed by atoms with Gasteiger partial charge in [0.25, 0.3) is 17.5 Å². The Morgan fingerprint density at radius 2 is 1.82 bits per heavy atom. The van der Waals surface area contributed by atoms with Crippen LogP contribution >= 0.6 is 24.0 Å². The van der Waals surface area contributed by atoms with Crippen molar-refractivity contribution in [2.45, 2.75) is 23.8 Å². The van der Waals surface area contributed by atoms with Crippen LogP contribution in [-0.4, -0.2) is 26.8 Å². The molecule has 10 heteroatoms. The molecule has 1 aliphatic heterocycles. The summed E-state index contributed by atoms with van der Waals surface area (Å²) in [7, 11) is 0. The fourth-order valence-electron chi connectivity index (χ4n) is 3.51. The Kier molecular flexibility index (Phi) is 6.53. The highest BCUT2D eigenvalue weighted by molar-refractivity contribution is 7.99. The molecule has 0 bridgehead atoms. The second-order valence-corrected chi connectivity index (χ2v) is 9.01. The molecule has 0 saturated carbocycles. The third-order valence-corrected chi connectivity index (χ3v) is 6.21. The number of thiocarbonyl (C=S) groups is 1. The molecule has 1 saturated heterocycles. The van der Waals surface area contributed by atoms with Crippen LogP contribution in [0, 0.1) is 24.0 Å². The molecule has 2 heterocycles. The Morgan fingerprint density at radius 3 is 2.47 bits per heavy atom. The van der Waals surface area contributed by atoms with Gasteiger partial charge in [0.05, 0.1) is 15.5 Å². The van der Waals surface area contributed by atoms with Crippen molar-refractivity contribution < 1.29 is 14.5 Å². The van der Waals surface area contributed by atoms with Crippen molar-refractivity contribution in [1.29, 1.82) is 0 Å². The smallest absolute Gasteiger partial charge is 0.283 e. The van der Waals surface area contributed by atoms with Crippen LogP contribution in [0.3, 0.4) is 0 Å². The number of pyridine rings is 1. The number of nitrogens with one attached hydrogen (secondary N) is 1. The van der Waals surface area contributed by atoms with Gasteiger partial charge in [-0.3, -0.25) is 29.9 Å². The Balaban J connectivity index is 1.71. The second-order valence-electron chi connectivity index (χ2n) is 7.56. The number of nitro benzene ring substituents is 1. The number of carbonyl (C=O) groups excluding carboxylic acids is 2. The summed E-state index contributed by atoms with van der Waals surface area (Å²) in [6, 6.07) is 15.3. The van der Waals surface area contributed by atoms with Crippen LogP contribution in [0.15, 0.2) is 76.3 Å². The molecule has 34 heavy (non-hydrogen) atoms. The molecule has 2 amide bonds. The molecule has 0 atom stereocenters. The van der Waals surface area contributed by atoms with E-state index in [0.29, 0.717) is 21.2 Å². The monoisotopic (exact) mass is 490 g/mol. The Labute approximate surface area is 204 Å². The number of hydrogen-bond acceptors (Lipinski definition) is 7. The van der Waals surface area contributed by atoms with Gasteiger partial charge in [-0.05, 0) is 79.2 Å². The topological polar surface area (TPSA) is 105 Å². The van der Waals surface area contributed by atoms with Crippen molar-refractivity contribution in [1.82, 2.24) is 10.3 Å². The Morgan fingerprint density at radius 1 is 1.09 bits per heavy atom. The molecule has 2 aromatic carbocycles. The molecule has 4 rings (SSSR count). The maximum atomic E-state index is 13.3. The zero-order valence-corrected chi connectivity index (χ0v) is 19.8. The number of carbonyl (C=O) groups is 2. The lowest BCUT2D eigenvalue weighted by atomic mass is 10.1. The molecule has 0 aliphatic carbocycles. The van der Waals surface area contributed by atoms with Gasteiger partial charge >= 0.3 is 0 Å². The number of nitro groups is 1. The lowest BCUT2D eigenvalue weighted by Crippen LogP contribution is -2.54. The van der Waals surface area contributed by atoms with E-state index < -0.39 is 16.7 Å². The van der Waals surface area contributed by atoms with Gasteiger partial charge in [0, 0.05) is 12.3 Å². The van der Waals surface area contributed by atoms with E-state index >= 15 is 0 Å². The second kappa shape index (κ2) is 9.54. The van der Waals surface area contributed by atoms with Crippen molar-refractivity contribution in [2.75, 3.05) is 4.90 Å². The molecule has 1 fully saturated rings. The van der Waals surface area contributed by atoms with Crippen molar-refractivity contribution in [2.24, 2.45) is 0 Å². The van der Waals surface area contributed by atoms with E-state index in [0.717, 1.165) is 22.9 Å². The maximum Gasteiger partial charge on any atom is 0.283 e. The number of benzene rings is 2. The summed E-state index contributed by atoms with van der Waals surface area (Å²) >= 11 is 6.40. The first-order valence-corrected chi connectivity index (χ1v) is 11.3. The maximum absolute atomic E-state index is 13.3. The molecule has 170 valence electrons. The predicted octanol–water partition coefficient (Wildman–Crippen LogP) is 4.59. The molecule has 1 N–H and O–H groups in total. The van der Waals surface area contributed by atoms with Crippen LogP contribution in [0.1, 0.15) is 16.7 Å². The molecule has 3 aromatic rings. The summed E-state index contributed by atoms with van der Waals surface area (Å²) in [5, 5.41) is 14.8. The van der Waals surface area contributed by atoms with E-state index in [1.807, 2.05) is 19.9 Å². The highest BCUT2D eigenvalue weighted by Gasteiger charge is 2.34. The molecule has 8 nitrogen and oxygen atoms in total. The number of hydrogen-bond donors (Lipinski definition) is 1. The van der Waals surface area contributed by atoms with E-state index in [1.165, 1.54) is 17.0 Å². The summed E-state index contributed by atoms with van der Waals surface area (Å²) in [4.78, 5) is 42.9. The SMILES string of the molecule is Cc1cc(C)cc(N2C(=O)/C(=C/c3ccc(Sc4ccccn4)c([N+](=O)[O-])c3)C(=O)NC2=S)c1. The first-order valence-electron chi connectivity index (χ1n) is 10.1. The van der Waals surface area contributed by atoms with Gasteiger partial charge in [0.15, 0.2) is 5.11 Å². The van der Waals surface area contributed by atoms with Gasteiger partial charge in [-0.25, -0.2) is 4.98 Å². The van der Waals surface area contributed by atoms with Crippen molar-refractivity contribution in [3.63, 3.8) is 0 Å². The minimum atomic E-state index is -0.662. The minimum Gasteiger partial charge on any atom is -0.298 e. The Hall–Kier alpha value is -3.89. The predicted molar refractivity (Wildman–Crippen MR) is 134 cm³/mol. The fourth-order valence-corrected chi connectivity index (χ4v) is 4.65. The molecule has 0 radical (unpaired) electrons. The first kappa shape index (κ1) is 23.3. The fraction of sp³-hybridized carbons (Fsp3) is 0.0833. The van der Waals surface area contributed by atoms with E-state index in [4.69, 9.17) is 12.2 Å². The number of anilines is 1. The van der Waals surface area contributed by atoms with E-state index in [2.05, 4.69) is 10.3 Å². The van der Waals surface area contributed by atoms with Gasteiger partial charge in [0.2, 0.25) is 0 Å². The highest BCUT2D eigenvalue weighted by Crippen LogP contribution is 2.35. The molecular weight excluding hydrogens is 472 g/mol. The number of aryl methyl sites for hydroxylation is 2. The van der Waals surface area contributed by atoms with E-state index in [-0.39, 0.29) is 16.4 Å². The van der Waals surface area contributed by atoms with Gasteiger partial charge < -0.3 is 0 Å². The number of nitrogens with zero attached hydrogens (tertiary/aromatic N) is 3. The molecule has 0 unspecified atom stereocenters.